The Balaban J connectivity index is 1.54. The molecule has 3 aromatic carbocycles. The van der Waals surface area contributed by atoms with Crippen LogP contribution in [-0.4, -0.2) is 16.3 Å². The molecule has 2 atom stereocenters. The fraction of sp³-hybridized carbons (Fsp3) is 0.172. The summed E-state index contributed by atoms with van der Waals surface area (Å²) in [5.41, 5.74) is 6.35. The van der Waals surface area contributed by atoms with Crippen LogP contribution in [0.4, 0.5) is 5.69 Å². The SMILES string of the molecule is Cc1ccc(C(=O)c2ccc([C@H]3C(=O)N(c4ccccc4)[C@@H]3c3ccc(C)cc3)n2C)cc1. The molecular formula is C29H26N2O2. The summed E-state index contributed by atoms with van der Waals surface area (Å²) in [6.07, 6.45) is 0. The van der Waals surface area contributed by atoms with Crippen molar-refractivity contribution in [1.29, 1.82) is 0 Å². The number of para-hydroxylation sites is 1. The van der Waals surface area contributed by atoms with E-state index in [4.69, 9.17) is 0 Å². The summed E-state index contributed by atoms with van der Waals surface area (Å²) in [6.45, 7) is 4.06. The van der Waals surface area contributed by atoms with E-state index >= 15 is 0 Å². The number of aromatic nitrogens is 1. The maximum atomic E-state index is 13.5. The van der Waals surface area contributed by atoms with Gasteiger partial charge in [0.05, 0.1) is 11.7 Å². The molecular weight excluding hydrogens is 408 g/mol. The normalized spacial score (nSPS) is 17.7. The van der Waals surface area contributed by atoms with Gasteiger partial charge in [-0.1, -0.05) is 77.9 Å². The van der Waals surface area contributed by atoms with Crippen molar-refractivity contribution in [2.45, 2.75) is 25.8 Å². The van der Waals surface area contributed by atoms with Gasteiger partial charge in [0.15, 0.2) is 0 Å². The summed E-state index contributed by atoms with van der Waals surface area (Å²) < 4.78 is 1.88. The molecule has 0 bridgehead atoms. The number of hydrogen-bond donors (Lipinski definition) is 0. The Morgan fingerprint density at radius 1 is 0.758 bits per heavy atom. The highest BCUT2D eigenvalue weighted by Gasteiger charge is 2.50. The molecule has 0 spiro atoms. The van der Waals surface area contributed by atoms with Crippen LogP contribution in [-0.2, 0) is 11.8 Å². The Morgan fingerprint density at radius 2 is 1.36 bits per heavy atom. The van der Waals surface area contributed by atoms with E-state index in [2.05, 4.69) is 31.2 Å². The second kappa shape index (κ2) is 8.21. The van der Waals surface area contributed by atoms with Crippen LogP contribution in [0.1, 0.15) is 50.4 Å². The highest BCUT2D eigenvalue weighted by Crippen LogP contribution is 2.49. The van der Waals surface area contributed by atoms with E-state index in [1.807, 2.05) is 90.2 Å². The van der Waals surface area contributed by atoms with Gasteiger partial charge in [-0.05, 0) is 43.7 Å². The predicted octanol–water partition coefficient (Wildman–Crippen LogP) is 5.74. The average Bonchev–Trinajstić information content (AvgIpc) is 3.19. The molecule has 0 N–H and O–H groups in total. The first-order valence-electron chi connectivity index (χ1n) is 11.2. The van der Waals surface area contributed by atoms with Gasteiger partial charge >= 0.3 is 0 Å². The van der Waals surface area contributed by atoms with E-state index in [0.29, 0.717) is 11.3 Å². The van der Waals surface area contributed by atoms with Gasteiger partial charge in [-0.15, -0.1) is 0 Å². The number of aryl methyl sites for hydroxylation is 2. The van der Waals surface area contributed by atoms with Gasteiger partial charge in [0.25, 0.3) is 0 Å². The van der Waals surface area contributed by atoms with Gasteiger partial charge in [-0.3, -0.25) is 9.59 Å². The van der Waals surface area contributed by atoms with Crippen molar-refractivity contribution in [2.24, 2.45) is 7.05 Å². The Morgan fingerprint density at radius 3 is 2.00 bits per heavy atom. The fourth-order valence-electron chi connectivity index (χ4n) is 4.68. The molecule has 0 aliphatic carbocycles. The molecule has 0 unspecified atom stereocenters. The van der Waals surface area contributed by atoms with Crippen LogP contribution in [0.5, 0.6) is 0 Å². The molecule has 164 valence electrons. The monoisotopic (exact) mass is 434 g/mol. The molecule has 0 saturated carbocycles. The predicted molar refractivity (Wildman–Crippen MR) is 131 cm³/mol. The van der Waals surface area contributed by atoms with Crippen LogP contribution in [0.3, 0.4) is 0 Å². The molecule has 0 radical (unpaired) electrons. The summed E-state index contributed by atoms with van der Waals surface area (Å²) in [4.78, 5) is 28.5. The molecule has 4 aromatic rings. The molecule has 4 nitrogen and oxygen atoms in total. The number of rotatable bonds is 5. The molecule has 1 saturated heterocycles. The molecule has 1 aliphatic rings. The van der Waals surface area contributed by atoms with Gasteiger partial charge in [0.1, 0.15) is 5.92 Å². The van der Waals surface area contributed by atoms with Gasteiger partial charge in [0, 0.05) is 24.0 Å². The topological polar surface area (TPSA) is 42.3 Å². The van der Waals surface area contributed by atoms with Gasteiger partial charge in [-0.2, -0.15) is 0 Å². The second-order valence-corrected chi connectivity index (χ2v) is 8.77. The third kappa shape index (κ3) is 3.58. The van der Waals surface area contributed by atoms with Crippen LogP contribution < -0.4 is 4.90 Å². The second-order valence-electron chi connectivity index (χ2n) is 8.77. The summed E-state index contributed by atoms with van der Waals surface area (Å²) in [5, 5.41) is 0. The van der Waals surface area contributed by atoms with Crippen molar-refractivity contribution in [3.8, 4) is 0 Å². The minimum absolute atomic E-state index is 0.0395. The van der Waals surface area contributed by atoms with Crippen LogP contribution in [0.15, 0.2) is 91.0 Å². The lowest BCUT2D eigenvalue weighted by atomic mass is 9.79. The molecule has 1 aromatic heterocycles. The molecule has 2 heterocycles. The highest BCUT2D eigenvalue weighted by molar-refractivity contribution is 6.09. The number of carbonyl (C=O) groups is 2. The molecule has 5 rings (SSSR count). The van der Waals surface area contributed by atoms with E-state index < -0.39 is 0 Å². The quantitative estimate of drug-likeness (QED) is 0.297. The molecule has 33 heavy (non-hydrogen) atoms. The van der Waals surface area contributed by atoms with Gasteiger partial charge in [-0.25, -0.2) is 0 Å². The van der Waals surface area contributed by atoms with Crippen LogP contribution in [0.25, 0.3) is 0 Å². The third-order valence-corrected chi connectivity index (χ3v) is 6.58. The highest BCUT2D eigenvalue weighted by atomic mass is 16.2. The molecule has 1 amide bonds. The number of ketones is 1. The van der Waals surface area contributed by atoms with Crippen molar-refractivity contribution < 1.29 is 9.59 Å². The average molecular weight is 435 g/mol. The van der Waals surface area contributed by atoms with E-state index in [1.165, 1.54) is 5.56 Å². The first-order valence-corrected chi connectivity index (χ1v) is 11.2. The zero-order chi connectivity index (χ0) is 23.1. The smallest absolute Gasteiger partial charge is 0.239 e. The first kappa shape index (κ1) is 21.0. The summed E-state index contributed by atoms with van der Waals surface area (Å²) in [6, 6.07) is 29.3. The lowest BCUT2D eigenvalue weighted by molar-refractivity contribution is -0.126. The van der Waals surface area contributed by atoms with Crippen molar-refractivity contribution in [1.82, 2.24) is 4.57 Å². The Labute approximate surface area is 194 Å². The first-order chi connectivity index (χ1) is 16.0. The minimum atomic E-state index is -0.350. The van der Waals surface area contributed by atoms with E-state index in [1.54, 1.807) is 0 Å². The molecule has 4 heteroatoms. The van der Waals surface area contributed by atoms with Crippen LogP contribution in [0.2, 0.25) is 0 Å². The van der Waals surface area contributed by atoms with Crippen LogP contribution in [0, 0.1) is 13.8 Å². The number of nitrogens with zero attached hydrogens (tertiary/aromatic N) is 2. The van der Waals surface area contributed by atoms with Crippen molar-refractivity contribution in [3.05, 3.63) is 125 Å². The zero-order valence-corrected chi connectivity index (χ0v) is 19.0. The van der Waals surface area contributed by atoms with Gasteiger partial charge < -0.3 is 9.47 Å². The Hall–Kier alpha value is -3.92. The zero-order valence-electron chi connectivity index (χ0n) is 19.0. The van der Waals surface area contributed by atoms with Gasteiger partial charge in [0.2, 0.25) is 11.7 Å². The number of amides is 1. The number of hydrogen-bond acceptors (Lipinski definition) is 2. The van der Waals surface area contributed by atoms with E-state index in [-0.39, 0.29) is 23.7 Å². The lowest BCUT2D eigenvalue weighted by Gasteiger charge is -2.47. The maximum absolute atomic E-state index is 13.5. The largest absolute Gasteiger partial charge is 0.344 e. The number of β-lactam (4-membered cyclic amide) rings is 1. The summed E-state index contributed by atoms with van der Waals surface area (Å²) >= 11 is 0. The maximum Gasteiger partial charge on any atom is 0.239 e. The van der Waals surface area contributed by atoms with Crippen molar-refractivity contribution >= 4 is 17.4 Å². The van der Waals surface area contributed by atoms with Crippen LogP contribution >= 0.6 is 0 Å². The van der Waals surface area contributed by atoms with Crippen molar-refractivity contribution in [3.63, 3.8) is 0 Å². The molecule has 1 fully saturated rings. The summed E-state index contributed by atoms with van der Waals surface area (Å²) in [7, 11) is 1.88. The molecule has 1 aliphatic heterocycles. The lowest BCUT2D eigenvalue weighted by Crippen LogP contribution is -2.54. The van der Waals surface area contributed by atoms with E-state index in [9.17, 15) is 9.59 Å². The van der Waals surface area contributed by atoms with E-state index in [0.717, 1.165) is 22.5 Å². The number of carbonyl (C=O) groups excluding carboxylic acids is 2. The fourth-order valence-corrected chi connectivity index (χ4v) is 4.68. The summed E-state index contributed by atoms with van der Waals surface area (Å²) in [5.74, 6) is -0.345. The van der Waals surface area contributed by atoms with Crippen molar-refractivity contribution in [2.75, 3.05) is 4.90 Å². The standard InChI is InChI=1S/C29H26N2O2/c1-19-9-13-21(14-10-19)27-26(29(33)31(27)23-7-5-4-6-8-23)24-17-18-25(30(24)3)28(32)22-15-11-20(2)12-16-22/h4-18,26-27H,1-3H3/t26-,27-/m1/s1. The Kier molecular flexibility index (Phi) is 5.21. The number of benzene rings is 3. The number of anilines is 1. The third-order valence-electron chi connectivity index (χ3n) is 6.58. The Bertz CT molecular complexity index is 1320. The minimum Gasteiger partial charge on any atom is -0.344 e.